The summed E-state index contributed by atoms with van der Waals surface area (Å²) in [4.78, 5) is 38.8. The van der Waals surface area contributed by atoms with Crippen LogP contribution in [0.1, 0.15) is 22.6 Å². The Labute approximate surface area is 235 Å². The van der Waals surface area contributed by atoms with E-state index in [0.29, 0.717) is 22.4 Å². The van der Waals surface area contributed by atoms with Gasteiger partial charge in [0.05, 0.1) is 13.7 Å². The molecule has 0 saturated carbocycles. The molecule has 38 heavy (non-hydrogen) atoms. The predicted octanol–water partition coefficient (Wildman–Crippen LogP) is 4.44. The van der Waals surface area contributed by atoms with Gasteiger partial charge in [-0.05, 0) is 60.6 Å². The molecule has 0 aliphatic carbocycles. The van der Waals surface area contributed by atoms with Gasteiger partial charge < -0.3 is 9.64 Å². The third-order valence-corrected chi connectivity index (χ3v) is 10.2. The van der Waals surface area contributed by atoms with Crippen LogP contribution in [0, 0.1) is 0 Å². The molecule has 2 spiro atoms. The smallest absolute Gasteiger partial charge is 0.254 e. The van der Waals surface area contributed by atoms with E-state index in [1.165, 1.54) is 11.8 Å². The van der Waals surface area contributed by atoms with Crippen LogP contribution in [0.2, 0.25) is 5.02 Å². The van der Waals surface area contributed by atoms with Crippen LogP contribution < -0.4 is 9.64 Å². The lowest BCUT2D eigenvalue weighted by molar-refractivity contribution is -0.139. The number of methoxy groups -OCH3 is 1. The number of aromatic nitrogens is 1. The molecule has 6 rings (SSSR count). The first-order valence-corrected chi connectivity index (χ1v) is 13.7. The van der Waals surface area contributed by atoms with Crippen LogP contribution in [-0.4, -0.2) is 63.4 Å². The maximum atomic E-state index is 14.9. The summed E-state index contributed by atoms with van der Waals surface area (Å²) in [7, 11) is 5.28. The molecule has 7 nitrogen and oxygen atoms in total. The number of nitrogens with zero attached hydrogens (tertiary/aromatic N) is 4. The fraction of sp³-hybridized carbons (Fsp3) is 0.286. The van der Waals surface area contributed by atoms with Crippen molar-refractivity contribution in [3.63, 3.8) is 0 Å². The molecule has 0 radical (unpaired) electrons. The minimum atomic E-state index is -1.30. The fourth-order valence-electron chi connectivity index (χ4n) is 6.32. The molecule has 2 fully saturated rings. The van der Waals surface area contributed by atoms with Gasteiger partial charge in [0.25, 0.3) is 5.91 Å². The number of amides is 2. The number of carbonyl (C=O) groups is 2. The number of halogens is 1. The molecule has 3 aliphatic rings. The third-order valence-electron chi connectivity index (χ3n) is 8.02. The average Bonchev–Trinajstić information content (AvgIpc) is 3.43. The van der Waals surface area contributed by atoms with Crippen LogP contribution >= 0.6 is 35.6 Å². The van der Waals surface area contributed by atoms with E-state index in [1.54, 1.807) is 42.4 Å². The Kier molecular flexibility index (Phi) is 6.03. The molecule has 4 heterocycles. The number of likely N-dealkylation sites (N-methyl/N-ethyl adjacent to an activating group) is 2. The van der Waals surface area contributed by atoms with E-state index in [2.05, 4.69) is 4.98 Å². The van der Waals surface area contributed by atoms with Gasteiger partial charge in [-0.3, -0.25) is 24.4 Å². The van der Waals surface area contributed by atoms with Gasteiger partial charge in [-0.15, -0.1) is 0 Å². The normalized spacial score (nSPS) is 26.7. The Morgan fingerprint density at radius 1 is 1.08 bits per heavy atom. The van der Waals surface area contributed by atoms with E-state index in [0.717, 1.165) is 28.1 Å². The summed E-state index contributed by atoms with van der Waals surface area (Å²) in [5.74, 6) is 0.0686. The number of hydrogen-bond donors (Lipinski definition) is 0. The van der Waals surface area contributed by atoms with Crippen molar-refractivity contribution in [2.45, 2.75) is 22.7 Å². The standard InChI is InChI=1S/C28H25ClN4O3S2/c1-31-16-22(18-10-12-30-13-11-18)28(27(31)21-14-19(29)6-9-23(21)32(2)24(27)34)25(35)33(26(37)38-28)15-17-4-7-20(36-3)8-5-17/h4-14,22H,15-16H2,1-3H3/t22?,27-,28+/m1/s1. The highest BCUT2D eigenvalue weighted by Crippen LogP contribution is 2.66. The first-order valence-electron chi connectivity index (χ1n) is 12.1. The summed E-state index contributed by atoms with van der Waals surface area (Å²) in [5, 5.41) is 0.509. The molecule has 3 aliphatic heterocycles. The van der Waals surface area contributed by atoms with Gasteiger partial charge in [0.1, 0.15) is 14.8 Å². The maximum absolute atomic E-state index is 14.9. The number of pyridine rings is 1. The molecular weight excluding hydrogens is 540 g/mol. The van der Waals surface area contributed by atoms with Crippen molar-refractivity contribution in [1.82, 2.24) is 14.8 Å². The van der Waals surface area contributed by atoms with Crippen LogP contribution in [-0.2, 0) is 21.7 Å². The van der Waals surface area contributed by atoms with Crippen molar-refractivity contribution < 1.29 is 14.3 Å². The van der Waals surface area contributed by atoms with Gasteiger partial charge in [-0.1, -0.05) is 47.7 Å². The topological polar surface area (TPSA) is 66.0 Å². The van der Waals surface area contributed by atoms with E-state index >= 15 is 0 Å². The molecule has 1 aromatic heterocycles. The Morgan fingerprint density at radius 3 is 2.47 bits per heavy atom. The minimum Gasteiger partial charge on any atom is -0.497 e. The average molecular weight is 565 g/mol. The molecule has 2 aromatic carbocycles. The highest BCUT2D eigenvalue weighted by Gasteiger charge is 2.78. The highest BCUT2D eigenvalue weighted by molar-refractivity contribution is 8.25. The van der Waals surface area contributed by atoms with Gasteiger partial charge in [0.2, 0.25) is 5.91 Å². The molecule has 3 aromatic rings. The Morgan fingerprint density at radius 2 is 1.79 bits per heavy atom. The number of benzene rings is 2. The Hall–Kier alpha value is -2.98. The first-order chi connectivity index (χ1) is 18.3. The largest absolute Gasteiger partial charge is 0.497 e. The monoisotopic (exact) mass is 564 g/mol. The van der Waals surface area contributed by atoms with Crippen LogP contribution in [0.25, 0.3) is 0 Å². The van der Waals surface area contributed by atoms with Crippen molar-refractivity contribution in [3.05, 3.63) is 88.7 Å². The fourth-order valence-corrected chi connectivity index (χ4v) is 8.61. The molecule has 0 bridgehead atoms. The number of thioether (sulfide) groups is 1. The summed E-state index contributed by atoms with van der Waals surface area (Å²) in [6.45, 7) is 0.777. The number of rotatable bonds is 4. The predicted molar refractivity (Wildman–Crippen MR) is 153 cm³/mol. The summed E-state index contributed by atoms with van der Waals surface area (Å²) in [6.07, 6.45) is 3.44. The minimum absolute atomic E-state index is 0.163. The second-order valence-corrected chi connectivity index (χ2v) is 12.1. The van der Waals surface area contributed by atoms with Crippen molar-refractivity contribution >= 4 is 57.4 Å². The van der Waals surface area contributed by atoms with Crippen LogP contribution in [0.15, 0.2) is 67.0 Å². The van der Waals surface area contributed by atoms with Crippen molar-refractivity contribution in [1.29, 1.82) is 0 Å². The molecule has 10 heteroatoms. The summed E-state index contributed by atoms with van der Waals surface area (Å²) in [5.41, 5.74) is 2.03. The first kappa shape index (κ1) is 25.3. The second kappa shape index (κ2) is 9.05. The Balaban J connectivity index is 1.56. The van der Waals surface area contributed by atoms with Gasteiger partial charge in [-0.25, -0.2) is 0 Å². The molecule has 1 unspecified atom stereocenters. The third kappa shape index (κ3) is 3.25. The van der Waals surface area contributed by atoms with Gasteiger partial charge >= 0.3 is 0 Å². The number of fused-ring (bicyclic) bond motifs is 3. The molecular formula is C28H25ClN4O3S2. The zero-order valence-electron chi connectivity index (χ0n) is 21.1. The second-order valence-electron chi connectivity index (χ2n) is 9.79. The van der Waals surface area contributed by atoms with Gasteiger partial charge in [-0.2, -0.15) is 0 Å². The van der Waals surface area contributed by atoms with Crippen LogP contribution in [0.4, 0.5) is 5.69 Å². The van der Waals surface area contributed by atoms with E-state index in [9.17, 15) is 9.59 Å². The van der Waals surface area contributed by atoms with Gasteiger partial charge in [0.15, 0.2) is 5.54 Å². The zero-order chi connectivity index (χ0) is 26.8. The molecule has 194 valence electrons. The number of carbonyl (C=O) groups excluding carboxylic acids is 2. The lowest BCUT2D eigenvalue weighted by atomic mass is 9.72. The number of ether oxygens (including phenoxy) is 1. The molecule has 2 saturated heterocycles. The lowest BCUT2D eigenvalue weighted by Gasteiger charge is -2.42. The van der Waals surface area contributed by atoms with E-state index in [-0.39, 0.29) is 17.7 Å². The SMILES string of the molecule is COc1ccc(CN2C(=O)[C@@]3(SC2=S)C(c2ccncc2)CN(C)[C@]32C(=O)N(C)c3ccc(Cl)cc32)cc1. The van der Waals surface area contributed by atoms with E-state index in [4.69, 9.17) is 28.6 Å². The quantitative estimate of drug-likeness (QED) is 0.434. The van der Waals surface area contributed by atoms with Crippen molar-refractivity contribution in [3.8, 4) is 5.75 Å². The Bertz CT molecular complexity index is 1470. The lowest BCUT2D eigenvalue weighted by Crippen LogP contribution is -2.62. The molecule has 0 N–H and O–H groups in total. The van der Waals surface area contributed by atoms with Crippen LogP contribution in [0.5, 0.6) is 5.75 Å². The molecule has 2 amide bonds. The highest BCUT2D eigenvalue weighted by atomic mass is 35.5. The number of thiocarbonyl (C=S) groups is 1. The van der Waals surface area contributed by atoms with E-state index in [1.807, 2.05) is 60.5 Å². The summed E-state index contributed by atoms with van der Waals surface area (Å²) < 4.78 is 4.49. The zero-order valence-corrected chi connectivity index (χ0v) is 23.4. The summed E-state index contributed by atoms with van der Waals surface area (Å²) in [6, 6.07) is 16.9. The van der Waals surface area contributed by atoms with Crippen molar-refractivity contribution in [2.75, 3.05) is 32.6 Å². The number of hydrogen-bond acceptors (Lipinski definition) is 7. The summed E-state index contributed by atoms with van der Waals surface area (Å²) >= 11 is 13.7. The number of anilines is 1. The van der Waals surface area contributed by atoms with Crippen LogP contribution in [0.3, 0.4) is 0 Å². The maximum Gasteiger partial charge on any atom is 0.254 e. The van der Waals surface area contributed by atoms with Gasteiger partial charge in [0, 0.05) is 48.2 Å². The number of likely N-dealkylation sites (tertiary alicyclic amines) is 1. The van der Waals surface area contributed by atoms with E-state index < -0.39 is 10.3 Å². The van der Waals surface area contributed by atoms with Crippen molar-refractivity contribution in [2.24, 2.45) is 0 Å². The molecule has 3 atom stereocenters.